The summed E-state index contributed by atoms with van der Waals surface area (Å²) in [5.74, 6) is 0.0848. The average molecular weight is 300 g/mol. The third kappa shape index (κ3) is 2.82. The second-order valence-electron chi connectivity index (χ2n) is 6.49. The van der Waals surface area contributed by atoms with Crippen LogP contribution in [0, 0.1) is 11.3 Å². The molecular formula is C15H28N2O4. The Labute approximate surface area is 126 Å². The van der Waals surface area contributed by atoms with E-state index in [9.17, 15) is 4.79 Å². The molecule has 1 saturated heterocycles. The van der Waals surface area contributed by atoms with Crippen molar-refractivity contribution < 1.29 is 19.0 Å². The summed E-state index contributed by atoms with van der Waals surface area (Å²) in [6, 6.07) is 0. The summed E-state index contributed by atoms with van der Waals surface area (Å²) in [4.78, 5) is 12.5. The fourth-order valence-corrected chi connectivity index (χ4v) is 3.61. The van der Waals surface area contributed by atoms with Crippen LogP contribution < -0.4 is 11.1 Å². The van der Waals surface area contributed by atoms with E-state index in [0.717, 1.165) is 12.8 Å². The smallest absolute Gasteiger partial charge is 0.241 e. The van der Waals surface area contributed by atoms with Crippen LogP contribution in [0.3, 0.4) is 0 Å². The zero-order chi connectivity index (χ0) is 15.5. The molecule has 2 fully saturated rings. The van der Waals surface area contributed by atoms with Gasteiger partial charge in [0.1, 0.15) is 5.54 Å². The number of hydrogen-bond acceptors (Lipinski definition) is 5. The zero-order valence-electron chi connectivity index (χ0n) is 13.3. The van der Waals surface area contributed by atoms with E-state index < -0.39 is 5.54 Å². The van der Waals surface area contributed by atoms with E-state index in [1.807, 2.05) is 13.8 Å². The Morgan fingerprint density at radius 3 is 2.86 bits per heavy atom. The molecule has 1 heterocycles. The minimum Gasteiger partial charge on any atom is -0.382 e. The van der Waals surface area contributed by atoms with Crippen molar-refractivity contribution in [2.24, 2.45) is 17.1 Å². The van der Waals surface area contributed by atoms with Crippen molar-refractivity contribution in [3.63, 3.8) is 0 Å². The van der Waals surface area contributed by atoms with Gasteiger partial charge >= 0.3 is 0 Å². The van der Waals surface area contributed by atoms with E-state index in [2.05, 4.69) is 5.32 Å². The van der Waals surface area contributed by atoms with Gasteiger partial charge in [-0.1, -0.05) is 13.8 Å². The number of nitrogens with two attached hydrogens (primary N) is 1. The number of carbonyl (C=O) groups is 1. The summed E-state index contributed by atoms with van der Waals surface area (Å²) in [7, 11) is 1.64. The maximum Gasteiger partial charge on any atom is 0.241 e. The molecule has 2 aliphatic rings. The number of amides is 1. The van der Waals surface area contributed by atoms with Gasteiger partial charge in [-0.25, -0.2) is 0 Å². The highest BCUT2D eigenvalue weighted by molar-refractivity contribution is 5.89. The Kier molecular flexibility index (Phi) is 5.24. The molecule has 2 rings (SSSR count). The lowest BCUT2D eigenvalue weighted by atomic mass is 9.48. The highest BCUT2D eigenvalue weighted by Crippen LogP contribution is 2.58. The lowest BCUT2D eigenvalue weighted by Gasteiger charge is -2.60. The van der Waals surface area contributed by atoms with E-state index >= 15 is 0 Å². The summed E-state index contributed by atoms with van der Waals surface area (Å²) in [6.07, 6.45) is 1.76. The topological polar surface area (TPSA) is 82.8 Å². The predicted octanol–water partition coefficient (Wildman–Crippen LogP) is 0.298. The first-order valence-electron chi connectivity index (χ1n) is 7.71. The Morgan fingerprint density at radius 1 is 1.38 bits per heavy atom. The first kappa shape index (κ1) is 16.7. The van der Waals surface area contributed by atoms with Crippen molar-refractivity contribution in [2.45, 2.75) is 38.3 Å². The standard InChI is InChI=1S/C15H28N2O4/c1-14(2)12-11(5-8-21-12)15(14,16)13(18)17-6-4-7-20-10-9-19-3/h11-12H,4-10,16H2,1-3H3,(H,17,18). The summed E-state index contributed by atoms with van der Waals surface area (Å²) in [5.41, 5.74) is 5.32. The summed E-state index contributed by atoms with van der Waals surface area (Å²) in [6.45, 7) is 7.12. The lowest BCUT2D eigenvalue weighted by molar-refractivity contribution is -0.175. The van der Waals surface area contributed by atoms with E-state index in [4.69, 9.17) is 19.9 Å². The minimum absolute atomic E-state index is 0.0591. The fraction of sp³-hybridized carbons (Fsp3) is 0.933. The number of fused-ring (bicyclic) bond motifs is 1. The quantitative estimate of drug-likeness (QED) is 0.630. The molecule has 0 aromatic carbocycles. The number of rotatable bonds is 8. The number of nitrogens with one attached hydrogen (secondary N) is 1. The Bertz CT molecular complexity index is 375. The molecule has 6 heteroatoms. The van der Waals surface area contributed by atoms with Crippen LogP contribution in [0.15, 0.2) is 0 Å². The van der Waals surface area contributed by atoms with Crippen LogP contribution in [0.2, 0.25) is 0 Å². The van der Waals surface area contributed by atoms with E-state index in [1.165, 1.54) is 0 Å². The maximum absolute atomic E-state index is 12.5. The van der Waals surface area contributed by atoms with Gasteiger partial charge in [-0.15, -0.1) is 0 Å². The molecule has 3 unspecified atom stereocenters. The summed E-state index contributed by atoms with van der Waals surface area (Å²) >= 11 is 0. The van der Waals surface area contributed by atoms with Gasteiger partial charge in [0.15, 0.2) is 0 Å². The van der Waals surface area contributed by atoms with Gasteiger partial charge in [-0.2, -0.15) is 0 Å². The van der Waals surface area contributed by atoms with Gasteiger partial charge in [0.2, 0.25) is 5.91 Å². The van der Waals surface area contributed by atoms with Gasteiger partial charge in [0.25, 0.3) is 0 Å². The van der Waals surface area contributed by atoms with Crippen LogP contribution >= 0.6 is 0 Å². The minimum atomic E-state index is -0.814. The average Bonchev–Trinajstić information content (AvgIpc) is 2.93. The highest BCUT2D eigenvalue weighted by atomic mass is 16.5. The third-order valence-electron chi connectivity index (χ3n) is 5.01. The molecule has 1 saturated carbocycles. The molecule has 21 heavy (non-hydrogen) atoms. The highest BCUT2D eigenvalue weighted by Gasteiger charge is 2.71. The van der Waals surface area contributed by atoms with Gasteiger partial charge in [0, 0.05) is 38.2 Å². The first-order valence-corrected chi connectivity index (χ1v) is 7.71. The van der Waals surface area contributed by atoms with Crippen LogP contribution in [0.5, 0.6) is 0 Å². The molecule has 0 aromatic heterocycles. The van der Waals surface area contributed by atoms with Gasteiger partial charge in [0.05, 0.1) is 19.3 Å². The maximum atomic E-state index is 12.5. The van der Waals surface area contributed by atoms with Crippen LogP contribution in [-0.2, 0) is 19.0 Å². The van der Waals surface area contributed by atoms with Crippen molar-refractivity contribution in [3.05, 3.63) is 0 Å². The summed E-state index contributed by atoms with van der Waals surface area (Å²) in [5, 5.41) is 2.95. The SMILES string of the molecule is COCCOCCCNC(=O)C1(N)C2CCOC2C1(C)C. The van der Waals surface area contributed by atoms with Crippen LogP contribution in [0.25, 0.3) is 0 Å². The molecule has 3 N–H and O–H groups in total. The molecule has 1 aliphatic carbocycles. The van der Waals surface area contributed by atoms with Crippen molar-refractivity contribution in [1.29, 1.82) is 0 Å². The molecule has 0 bridgehead atoms. The summed E-state index contributed by atoms with van der Waals surface area (Å²) < 4.78 is 16.0. The molecule has 0 aromatic rings. The molecule has 0 spiro atoms. The van der Waals surface area contributed by atoms with Crippen molar-refractivity contribution in [1.82, 2.24) is 5.32 Å². The molecular weight excluding hydrogens is 272 g/mol. The van der Waals surface area contributed by atoms with Crippen molar-refractivity contribution >= 4 is 5.91 Å². The molecule has 6 nitrogen and oxygen atoms in total. The number of methoxy groups -OCH3 is 1. The Morgan fingerprint density at radius 2 is 2.14 bits per heavy atom. The van der Waals surface area contributed by atoms with Gasteiger partial charge in [-0.05, 0) is 12.8 Å². The van der Waals surface area contributed by atoms with Crippen LogP contribution in [0.4, 0.5) is 0 Å². The number of ether oxygens (including phenoxy) is 3. The monoisotopic (exact) mass is 300 g/mol. The second kappa shape index (κ2) is 6.60. The molecule has 3 atom stereocenters. The molecule has 1 amide bonds. The van der Waals surface area contributed by atoms with Gasteiger partial charge < -0.3 is 25.3 Å². The van der Waals surface area contributed by atoms with Crippen molar-refractivity contribution in [2.75, 3.05) is 40.1 Å². The lowest BCUT2D eigenvalue weighted by Crippen LogP contribution is -2.80. The van der Waals surface area contributed by atoms with Gasteiger partial charge in [-0.3, -0.25) is 4.79 Å². The normalized spacial score (nSPS) is 33.3. The Hall–Kier alpha value is -0.690. The first-order chi connectivity index (χ1) is 9.96. The molecule has 1 aliphatic heterocycles. The zero-order valence-corrected chi connectivity index (χ0v) is 13.3. The van der Waals surface area contributed by atoms with Crippen molar-refractivity contribution in [3.8, 4) is 0 Å². The fourth-order valence-electron chi connectivity index (χ4n) is 3.61. The number of hydrogen-bond donors (Lipinski definition) is 2. The second-order valence-corrected chi connectivity index (χ2v) is 6.49. The van der Waals surface area contributed by atoms with E-state index in [-0.39, 0.29) is 23.3 Å². The Balaban J connectivity index is 1.73. The third-order valence-corrected chi connectivity index (χ3v) is 5.01. The molecule has 0 radical (unpaired) electrons. The molecule has 122 valence electrons. The van der Waals surface area contributed by atoms with E-state index in [1.54, 1.807) is 7.11 Å². The number of carbonyl (C=O) groups excluding carboxylic acids is 1. The van der Waals surface area contributed by atoms with Crippen LogP contribution in [0.1, 0.15) is 26.7 Å². The largest absolute Gasteiger partial charge is 0.382 e. The van der Waals surface area contributed by atoms with Crippen LogP contribution in [-0.4, -0.2) is 57.6 Å². The predicted molar refractivity (Wildman–Crippen MR) is 78.9 cm³/mol. The van der Waals surface area contributed by atoms with E-state index in [0.29, 0.717) is 33.0 Å².